The Morgan fingerprint density at radius 2 is 1.79 bits per heavy atom. The second kappa shape index (κ2) is 8.15. The number of aromatic hydroxyl groups is 1. The quantitative estimate of drug-likeness (QED) is 0.802. The number of nitrogens with zero attached hydrogens (tertiary/aromatic N) is 1. The highest BCUT2D eigenvalue weighted by Gasteiger charge is 2.15. The summed E-state index contributed by atoms with van der Waals surface area (Å²) in [6, 6.07) is 14.8. The smallest absolute Gasteiger partial charge is 0.244 e. The number of benzene rings is 2. The van der Waals surface area contributed by atoms with E-state index in [-0.39, 0.29) is 24.1 Å². The van der Waals surface area contributed by atoms with Gasteiger partial charge in [-0.3, -0.25) is 9.59 Å². The minimum absolute atomic E-state index is 0.0158. The Morgan fingerprint density at radius 1 is 1.08 bits per heavy atom. The van der Waals surface area contributed by atoms with Gasteiger partial charge in [0.15, 0.2) is 0 Å². The molecule has 0 aliphatic rings. The molecule has 0 bridgehead atoms. The molecule has 0 radical (unpaired) electrons. The van der Waals surface area contributed by atoms with Crippen LogP contribution >= 0.6 is 0 Å². The number of amides is 2. The van der Waals surface area contributed by atoms with Crippen LogP contribution in [0.15, 0.2) is 48.5 Å². The molecular formula is C19H22N2O3. The monoisotopic (exact) mass is 326 g/mol. The van der Waals surface area contributed by atoms with E-state index in [2.05, 4.69) is 5.32 Å². The van der Waals surface area contributed by atoms with Gasteiger partial charge in [0.05, 0.1) is 12.2 Å². The van der Waals surface area contributed by atoms with E-state index in [0.29, 0.717) is 18.7 Å². The fourth-order valence-corrected chi connectivity index (χ4v) is 2.42. The van der Waals surface area contributed by atoms with Crippen molar-refractivity contribution >= 4 is 17.5 Å². The van der Waals surface area contributed by atoms with Gasteiger partial charge in [-0.25, -0.2) is 0 Å². The second-order valence-electron chi connectivity index (χ2n) is 5.69. The van der Waals surface area contributed by atoms with Crippen molar-refractivity contribution in [1.29, 1.82) is 0 Å². The first kappa shape index (κ1) is 17.5. The van der Waals surface area contributed by atoms with E-state index in [9.17, 15) is 14.7 Å². The zero-order valence-electron chi connectivity index (χ0n) is 14.0. The number of anilines is 1. The van der Waals surface area contributed by atoms with Crippen molar-refractivity contribution in [3.8, 4) is 5.75 Å². The molecule has 0 unspecified atom stereocenters. The summed E-state index contributed by atoms with van der Waals surface area (Å²) in [6.45, 7) is 3.67. The fraction of sp³-hybridized carbons (Fsp3) is 0.263. The van der Waals surface area contributed by atoms with Crippen LogP contribution in [0.5, 0.6) is 5.75 Å². The lowest BCUT2D eigenvalue weighted by Gasteiger charge is -2.21. The summed E-state index contributed by atoms with van der Waals surface area (Å²) in [5, 5.41) is 12.5. The van der Waals surface area contributed by atoms with Crippen LogP contribution in [0.25, 0.3) is 0 Å². The minimum atomic E-state index is -0.331. The number of para-hydroxylation sites is 1. The van der Waals surface area contributed by atoms with E-state index < -0.39 is 0 Å². The first-order chi connectivity index (χ1) is 11.5. The first-order valence-electron chi connectivity index (χ1n) is 7.85. The van der Waals surface area contributed by atoms with Crippen LogP contribution in [-0.4, -0.2) is 34.9 Å². The van der Waals surface area contributed by atoms with Crippen LogP contribution in [-0.2, 0) is 16.0 Å². The molecule has 2 aromatic carbocycles. The van der Waals surface area contributed by atoms with Crippen molar-refractivity contribution in [1.82, 2.24) is 4.90 Å². The molecule has 2 amide bonds. The molecule has 2 rings (SSSR count). The molecule has 0 fully saturated rings. The molecule has 0 aromatic heterocycles. The third kappa shape index (κ3) is 4.84. The Hall–Kier alpha value is -2.82. The number of carbonyl (C=O) groups is 2. The van der Waals surface area contributed by atoms with Crippen LogP contribution in [0.3, 0.4) is 0 Å². The zero-order valence-corrected chi connectivity index (χ0v) is 14.0. The first-order valence-corrected chi connectivity index (χ1v) is 7.85. The molecule has 2 aromatic rings. The average Bonchev–Trinajstić information content (AvgIpc) is 2.55. The number of phenolic OH excluding ortho intramolecular Hbond substituents is 1. The maximum atomic E-state index is 12.2. The normalized spacial score (nSPS) is 10.2. The van der Waals surface area contributed by atoms with Gasteiger partial charge in [-0.1, -0.05) is 42.5 Å². The van der Waals surface area contributed by atoms with Gasteiger partial charge >= 0.3 is 0 Å². The van der Waals surface area contributed by atoms with Crippen LogP contribution in [0.2, 0.25) is 0 Å². The van der Waals surface area contributed by atoms with Crippen molar-refractivity contribution in [2.75, 3.05) is 18.4 Å². The summed E-state index contributed by atoms with van der Waals surface area (Å²) < 4.78 is 0. The molecule has 0 saturated carbocycles. The van der Waals surface area contributed by atoms with Crippen molar-refractivity contribution in [3.05, 3.63) is 59.7 Å². The van der Waals surface area contributed by atoms with E-state index in [0.717, 1.165) is 11.1 Å². The number of hydrogen-bond donors (Lipinski definition) is 2. The van der Waals surface area contributed by atoms with Gasteiger partial charge in [0.1, 0.15) is 5.75 Å². The van der Waals surface area contributed by atoms with E-state index in [1.54, 1.807) is 19.1 Å². The lowest BCUT2D eigenvalue weighted by atomic mass is 10.1. The van der Waals surface area contributed by atoms with E-state index >= 15 is 0 Å². The largest absolute Gasteiger partial charge is 0.506 e. The van der Waals surface area contributed by atoms with Crippen molar-refractivity contribution in [3.63, 3.8) is 0 Å². The molecule has 0 aliphatic heterocycles. The molecule has 0 aliphatic carbocycles. The molecular weight excluding hydrogens is 304 g/mol. The van der Waals surface area contributed by atoms with Crippen LogP contribution in [0, 0.1) is 6.92 Å². The number of hydrogen-bond acceptors (Lipinski definition) is 3. The topological polar surface area (TPSA) is 69.6 Å². The summed E-state index contributed by atoms with van der Waals surface area (Å²) in [6.07, 6.45) is 0.684. The number of rotatable bonds is 6. The predicted octanol–water partition coefficient (Wildman–Crippen LogP) is 2.73. The molecule has 2 N–H and O–H groups in total. The minimum Gasteiger partial charge on any atom is -0.506 e. The number of aryl methyl sites for hydroxylation is 1. The van der Waals surface area contributed by atoms with Gasteiger partial charge in [-0.15, -0.1) is 0 Å². The highest BCUT2D eigenvalue weighted by atomic mass is 16.3. The molecule has 24 heavy (non-hydrogen) atoms. The predicted molar refractivity (Wildman–Crippen MR) is 93.9 cm³/mol. The Balaban J connectivity index is 1.97. The van der Waals surface area contributed by atoms with E-state index in [1.165, 1.54) is 17.9 Å². The number of nitrogens with one attached hydrogen (secondary N) is 1. The zero-order chi connectivity index (χ0) is 17.5. The fourth-order valence-electron chi connectivity index (χ4n) is 2.42. The van der Waals surface area contributed by atoms with Crippen LogP contribution in [0.4, 0.5) is 5.69 Å². The highest BCUT2D eigenvalue weighted by Crippen LogP contribution is 2.26. The molecule has 126 valence electrons. The SMILES string of the molecule is CC(=O)N(CCc1ccccc1)CC(=O)Nc1c(C)cccc1O. The highest BCUT2D eigenvalue weighted by molar-refractivity contribution is 5.96. The average molecular weight is 326 g/mol. The standard InChI is InChI=1S/C19H22N2O3/c1-14-7-6-10-17(23)19(14)20-18(24)13-21(15(2)22)12-11-16-8-4-3-5-9-16/h3-10,23H,11-13H2,1-2H3,(H,20,24). The lowest BCUT2D eigenvalue weighted by molar-refractivity contribution is -0.132. The van der Waals surface area contributed by atoms with E-state index in [1.807, 2.05) is 30.3 Å². The molecule has 0 saturated heterocycles. The van der Waals surface area contributed by atoms with Gasteiger partial charge in [-0.2, -0.15) is 0 Å². The van der Waals surface area contributed by atoms with Gasteiger partial charge < -0.3 is 15.3 Å². The van der Waals surface area contributed by atoms with Gasteiger partial charge in [0.25, 0.3) is 0 Å². The van der Waals surface area contributed by atoms with Gasteiger partial charge in [-0.05, 0) is 30.5 Å². The number of carbonyl (C=O) groups excluding carboxylic acids is 2. The summed E-state index contributed by atoms with van der Waals surface area (Å²) in [5.41, 5.74) is 2.26. The summed E-state index contributed by atoms with van der Waals surface area (Å²) in [4.78, 5) is 25.5. The van der Waals surface area contributed by atoms with Gasteiger partial charge in [0.2, 0.25) is 11.8 Å². The summed E-state index contributed by atoms with van der Waals surface area (Å²) in [7, 11) is 0. The number of phenols is 1. The van der Waals surface area contributed by atoms with Crippen LogP contribution < -0.4 is 5.32 Å². The maximum absolute atomic E-state index is 12.2. The third-order valence-corrected chi connectivity index (χ3v) is 3.81. The summed E-state index contributed by atoms with van der Waals surface area (Å²) >= 11 is 0. The molecule has 0 heterocycles. The Bertz CT molecular complexity index is 694. The van der Waals surface area contributed by atoms with Gasteiger partial charge in [0, 0.05) is 13.5 Å². The van der Waals surface area contributed by atoms with Crippen molar-refractivity contribution in [2.45, 2.75) is 20.3 Å². The van der Waals surface area contributed by atoms with E-state index in [4.69, 9.17) is 0 Å². The summed E-state index contributed by atoms with van der Waals surface area (Å²) in [5.74, 6) is -0.472. The Morgan fingerprint density at radius 3 is 2.42 bits per heavy atom. The maximum Gasteiger partial charge on any atom is 0.244 e. The second-order valence-corrected chi connectivity index (χ2v) is 5.69. The Labute approximate surface area is 141 Å². The van der Waals surface area contributed by atoms with Crippen LogP contribution in [0.1, 0.15) is 18.1 Å². The molecule has 5 heteroatoms. The lowest BCUT2D eigenvalue weighted by Crippen LogP contribution is -2.38. The third-order valence-electron chi connectivity index (χ3n) is 3.81. The Kier molecular flexibility index (Phi) is 5.95. The molecule has 0 atom stereocenters. The van der Waals surface area contributed by atoms with Crippen molar-refractivity contribution in [2.24, 2.45) is 0 Å². The molecule has 0 spiro atoms. The van der Waals surface area contributed by atoms with Crippen molar-refractivity contribution < 1.29 is 14.7 Å². The molecule has 5 nitrogen and oxygen atoms in total.